The first-order chi connectivity index (χ1) is 29.0. The molecule has 0 radical (unpaired) electrons. The minimum absolute atomic E-state index is 0.297. The molecule has 3 aromatic carbocycles. The van der Waals surface area contributed by atoms with Gasteiger partial charge >= 0.3 is 5.97 Å². The third-order valence-electron chi connectivity index (χ3n) is 9.87. The molecule has 0 aliphatic rings. The molecule has 59 heavy (non-hydrogen) atoms. The van der Waals surface area contributed by atoms with Crippen LogP contribution in [-0.4, -0.2) is 54.8 Å². The number of rotatable bonds is 18. The average molecular weight is 782 g/mol. The summed E-state index contributed by atoms with van der Waals surface area (Å²) in [6.07, 6.45) is 7.56. The lowest BCUT2D eigenvalue weighted by molar-refractivity contribution is -0.142. The second kappa shape index (κ2) is 20.5. The fraction of sp³-hybridized carbons (Fsp3) is 0.184. The predicted molar refractivity (Wildman–Crippen MR) is 228 cm³/mol. The molecular formula is C49H47N7O3. The molecule has 0 fully saturated rings. The van der Waals surface area contributed by atoms with Crippen LogP contribution >= 0.6 is 0 Å². The Hall–Kier alpha value is -6.88. The summed E-state index contributed by atoms with van der Waals surface area (Å²) < 4.78 is 5.13. The van der Waals surface area contributed by atoms with Gasteiger partial charge in [0, 0.05) is 76.0 Å². The van der Waals surface area contributed by atoms with Gasteiger partial charge in [0.05, 0.1) is 29.9 Å². The number of carbonyl (C=O) groups is 2. The third-order valence-corrected chi connectivity index (χ3v) is 9.87. The molecule has 1 N–H and O–H groups in total. The summed E-state index contributed by atoms with van der Waals surface area (Å²) in [5.74, 6) is -0.872. The Morgan fingerprint density at radius 3 is 1.41 bits per heavy atom. The number of methoxy groups -OCH3 is 1. The van der Waals surface area contributed by atoms with Crippen molar-refractivity contribution in [2.75, 3.05) is 7.11 Å². The van der Waals surface area contributed by atoms with Gasteiger partial charge < -0.3 is 10.1 Å². The zero-order chi connectivity index (χ0) is 40.7. The van der Waals surface area contributed by atoms with Crippen molar-refractivity contribution in [1.29, 1.82) is 0 Å². The molecular weight excluding hydrogens is 735 g/mol. The number of esters is 1. The van der Waals surface area contributed by atoms with Gasteiger partial charge in [-0.2, -0.15) is 0 Å². The highest BCUT2D eigenvalue weighted by Crippen LogP contribution is 2.29. The topological polar surface area (TPSA) is 113 Å². The van der Waals surface area contributed by atoms with Crippen LogP contribution in [0.1, 0.15) is 49.8 Å². The van der Waals surface area contributed by atoms with E-state index < -0.39 is 12.0 Å². The van der Waals surface area contributed by atoms with Crippen LogP contribution in [-0.2, 0) is 55.2 Å². The highest BCUT2D eigenvalue weighted by atomic mass is 16.5. The fourth-order valence-corrected chi connectivity index (χ4v) is 7.19. The predicted octanol–water partition coefficient (Wildman–Crippen LogP) is 7.85. The molecule has 7 rings (SSSR count). The summed E-state index contributed by atoms with van der Waals surface area (Å²) in [7, 11) is 1.34. The van der Waals surface area contributed by atoms with Gasteiger partial charge in [0.1, 0.15) is 6.04 Å². The van der Waals surface area contributed by atoms with Gasteiger partial charge in [-0.15, -0.1) is 0 Å². The Balaban J connectivity index is 1.26. The van der Waals surface area contributed by atoms with Crippen LogP contribution in [0.15, 0.2) is 170 Å². The summed E-state index contributed by atoms with van der Waals surface area (Å²) in [5.41, 5.74) is 8.93. The van der Waals surface area contributed by atoms with E-state index in [2.05, 4.69) is 53.3 Å². The Bertz CT molecular complexity index is 2200. The van der Waals surface area contributed by atoms with Crippen LogP contribution in [0.5, 0.6) is 0 Å². The highest BCUT2D eigenvalue weighted by molar-refractivity contribution is 6.02. The zero-order valence-corrected chi connectivity index (χ0v) is 33.1. The molecule has 1 atom stereocenters. The van der Waals surface area contributed by atoms with E-state index in [1.54, 1.807) is 6.07 Å². The van der Waals surface area contributed by atoms with E-state index in [0.717, 1.165) is 50.6 Å². The van der Waals surface area contributed by atoms with Crippen LogP contribution < -0.4 is 5.32 Å². The van der Waals surface area contributed by atoms with Gasteiger partial charge in [-0.25, -0.2) is 4.79 Å². The first-order valence-electron chi connectivity index (χ1n) is 19.7. The SMILES string of the molecule is COC(=O)[C@H](Cc1ccccc1)NC(=O)c1ccccc1-c1cc(CN(Cc2ccccn2)Cc2ccccn2)cc(CN(Cc2ccccn2)Cc2ccccn2)c1. The number of pyridine rings is 4. The molecule has 0 spiro atoms. The summed E-state index contributed by atoms with van der Waals surface area (Å²) in [6.45, 7) is 3.61. The maximum absolute atomic E-state index is 14.2. The van der Waals surface area contributed by atoms with Crippen LogP contribution in [0.4, 0.5) is 0 Å². The standard InChI is InChI=1S/C49H47N7O3/c1-59-49(58)47(30-37-15-3-2-4-16-37)54-48(57)46-22-6-5-21-45(46)40-28-38(31-55(33-41-17-7-11-23-50-41)34-42-18-8-12-24-51-42)27-39(29-40)32-56(35-43-19-9-13-25-52-43)36-44-20-10-14-26-53-44/h2-29,47H,30-36H2,1H3,(H,54,57)/t47-/m0/s1. The molecule has 0 aliphatic heterocycles. The molecule has 4 aromatic heterocycles. The van der Waals surface area contributed by atoms with Crippen molar-refractivity contribution < 1.29 is 14.3 Å². The fourth-order valence-electron chi connectivity index (χ4n) is 7.19. The molecule has 0 saturated carbocycles. The molecule has 4 heterocycles. The largest absolute Gasteiger partial charge is 0.467 e. The number of benzene rings is 3. The Morgan fingerprint density at radius 1 is 0.525 bits per heavy atom. The number of amides is 1. The van der Waals surface area contributed by atoms with E-state index in [0.29, 0.717) is 51.3 Å². The second-order valence-corrected chi connectivity index (χ2v) is 14.4. The number of carbonyl (C=O) groups excluding carboxylic acids is 2. The molecule has 1 amide bonds. The highest BCUT2D eigenvalue weighted by Gasteiger charge is 2.25. The van der Waals surface area contributed by atoms with Crippen molar-refractivity contribution in [3.63, 3.8) is 0 Å². The number of hydrogen-bond acceptors (Lipinski definition) is 9. The van der Waals surface area contributed by atoms with Gasteiger partial charge in [-0.1, -0.05) is 78.9 Å². The van der Waals surface area contributed by atoms with Gasteiger partial charge in [-0.3, -0.25) is 34.5 Å². The summed E-state index contributed by atoms with van der Waals surface area (Å²) in [4.78, 5) is 50.5. The smallest absolute Gasteiger partial charge is 0.328 e. The molecule has 10 heteroatoms. The first-order valence-corrected chi connectivity index (χ1v) is 19.7. The minimum Gasteiger partial charge on any atom is -0.467 e. The monoisotopic (exact) mass is 781 g/mol. The Labute approximate surface area is 345 Å². The van der Waals surface area contributed by atoms with Crippen LogP contribution in [0.25, 0.3) is 11.1 Å². The minimum atomic E-state index is -0.872. The number of nitrogens with one attached hydrogen (secondary N) is 1. The molecule has 296 valence electrons. The van der Waals surface area contributed by atoms with E-state index in [1.807, 2.05) is 146 Å². The maximum atomic E-state index is 14.2. The summed E-state index contributed by atoms with van der Waals surface area (Å²) in [6, 6.07) is 46.7. The normalized spacial score (nSPS) is 11.6. The lowest BCUT2D eigenvalue weighted by atomic mass is 9.94. The van der Waals surface area contributed by atoms with E-state index in [-0.39, 0.29) is 5.91 Å². The lowest BCUT2D eigenvalue weighted by Gasteiger charge is -2.25. The van der Waals surface area contributed by atoms with Crippen molar-refractivity contribution in [1.82, 2.24) is 35.1 Å². The van der Waals surface area contributed by atoms with Gasteiger partial charge in [0.15, 0.2) is 0 Å². The quantitative estimate of drug-likeness (QED) is 0.0870. The molecule has 7 aromatic rings. The van der Waals surface area contributed by atoms with Crippen molar-refractivity contribution >= 4 is 11.9 Å². The van der Waals surface area contributed by atoms with E-state index in [9.17, 15) is 9.59 Å². The average Bonchev–Trinajstić information content (AvgIpc) is 3.27. The zero-order valence-electron chi connectivity index (χ0n) is 33.1. The third kappa shape index (κ3) is 11.8. The van der Waals surface area contributed by atoms with Crippen molar-refractivity contribution in [2.24, 2.45) is 0 Å². The van der Waals surface area contributed by atoms with Crippen LogP contribution in [0, 0.1) is 0 Å². The molecule has 0 aliphatic carbocycles. The number of aromatic nitrogens is 4. The molecule has 0 bridgehead atoms. The second-order valence-electron chi connectivity index (χ2n) is 14.4. The van der Waals surface area contributed by atoms with Crippen molar-refractivity contribution in [3.8, 4) is 11.1 Å². The molecule has 10 nitrogen and oxygen atoms in total. The van der Waals surface area contributed by atoms with Gasteiger partial charge in [0.2, 0.25) is 0 Å². The van der Waals surface area contributed by atoms with Gasteiger partial charge in [-0.05, 0) is 94.5 Å². The molecule has 0 unspecified atom stereocenters. The lowest BCUT2D eigenvalue weighted by Crippen LogP contribution is -2.43. The summed E-state index contributed by atoms with van der Waals surface area (Å²) in [5, 5.41) is 2.99. The van der Waals surface area contributed by atoms with E-state index >= 15 is 0 Å². The van der Waals surface area contributed by atoms with Gasteiger partial charge in [0.25, 0.3) is 5.91 Å². The number of hydrogen-bond donors (Lipinski definition) is 1. The van der Waals surface area contributed by atoms with Crippen LogP contribution in [0.3, 0.4) is 0 Å². The Morgan fingerprint density at radius 2 is 0.966 bits per heavy atom. The Kier molecular flexibility index (Phi) is 14.0. The number of nitrogens with zero attached hydrogens (tertiary/aromatic N) is 6. The number of ether oxygens (including phenoxy) is 1. The molecule has 0 saturated heterocycles. The van der Waals surface area contributed by atoms with Crippen molar-refractivity contribution in [3.05, 3.63) is 215 Å². The maximum Gasteiger partial charge on any atom is 0.328 e. The van der Waals surface area contributed by atoms with E-state index in [1.165, 1.54) is 7.11 Å². The van der Waals surface area contributed by atoms with Crippen LogP contribution in [0.2, 0.25) is 0 Å². The summed E-state index contributed by atoms with van der Waals surface area (Å²) >= 11 is 0. The van der Waals surface area contributed by atoms with Crippen molar-refractivity contribution in [2.45, 2.75) is 51.7 Å². The van der Waals surface area contributed by atoms with E-state index in [4.69, 9.17) is 4.74 Å². The first kappa shape index (κ1) is 40.3.